The smallest absolute Gasteiger partial charge is 0.241 e. The van der Waals surface area contributed by atoms with E-state index in [0.29, 0.717) is 13.1 Å². The molecule has 0 bridgehead atoms. The van der Waals surface area contributed by atoms with E-state index in [9.17, 15) is 9.59 Å². The minimum atomic E-state index is -0.190. The third-order valence-corrected chi connectivity index (χ3v) is 3.73. The van der Waals surface area contributed by atoms with Crippen LogP contribution in [0.4, 0.5) is 5.69 Å². The summed E-state index contributed by atoms with van der Waals surface area (Å²) in [7, 11) is 0. The van der Waals surface area contributed by atoms with E-state index in [1.807, 2.05) is 42.2 Å². The molecule has 0 radical (unpaired) electrons. The molecule has 0 aliphatic carbocycles. The minimum absolute atomic E-state index is 0.00697. The van der Waals surface area contributed by atoms with Crippen molar-refractivity contribution in [2.24, 2.45) is 0 Å². The zero-order valence-corrected chi connectivity index (χ0v) is 12.0. The summed E-state index contributed by atoms with van der Waals surface area (Å²) in [5.74, 6) is 0.0958. The van der Waals surface area contributed by atoms with E-state index in [-0.39, 0.29) is 17.9 Å². The van der Waals surface area contributed by atoms with Crippen molar-refractivity contribution in [1.82, 2.24) is 9.80 Å². The highest BCUT2D eigenvalue weighted by Crippen LogP contribution is 2.10. The Morgan fingerprint density at radius 2 is 1.70 bits per heavy atom. The highest BCUT2D eigenvalue weighted by atomic mass is 16.2. The first-order chi connectivity index (χ1) is 9.58. The summed E-state index contributed by atoms with van der Waals surface area (Å²) in [5.41, 5.74) is 0.812. The molecule has 1 aromatic rings. The highest BCUT2D eigenvalue weighted by molar-refractivity contribution is 5.94. The molecule has 1 fully saturated rings. The lowest BCUT2D eigenvalue weighted by atomic mass is 10.2. The molecule has 1 saturated heterocycles. The van der Waals surface area contributed by atoms with Gasteiger partial charge in [0.25, 0.3) is 0 Å². The normalized spacial score (nSPS) is 17.6. The summed E-state index contributed by atoms with van der Waals surface area (Å²) in [6.45, 7) is 6.35. The van der Waals surface area contributed by atoms with Crippen LogP contribution in [0.1, 0.15) is 13.8 Å². The SMILES string of the molecule is CC(=O)N1CCN(C(C)C(=O)Nc2ccccc2)CC1. The number of benzene rings is 1. The Bertz CT molecular complexity index is 467. The average molecular weight is 275 g/mol. The van der Waals surface area contributed by atoms with Crippen LogP contribution in [0.25, 0.3) is 0 Å². The van der Waals surface area contributed by atoms with Gasteiger partial charge in [0.2, 0.25) is 11.8 Å². The number of nitrogens with zero attached hydrogens (tertiary/aromatic N) is 2. The first-order valence-electron chi connectivity index (χ1n) is 6.93. The lowest BCUT2D eigenvalue weighted by Crippen LogP contribution is -2.53. The molecule has 2 rings (SSSR count). The van der Waals surface area contributed by atoms with Gasteiger partial charge in [-0.2, -0.15) is 0 Å². The van der Waals surface area contributed by atoms with Gasteiger partial charge in [-0.15, -0.1) is 0 Å². The largest absolute Gasteiger partial charge is 0.340 e. The maximum absolute atomic E-state index is 12.2. The van der Waals surface area contributed by atoms with Crippen molar-refractivity contribution in [3.63, 3.8) is 0 Å². The average Bonchev–Trinajstić information content (AvgIpc) is 2.47. The van der Waals surface area contributed by atoms with E-state index in [2.05, 4.69) is 10.2 Å². The van der Waals surface area contributed by atoms with E-state index in [1.165, 1.54) is 0 Å². The fourth-order valence-electron chi connectivity index (χ4n) is 2.36. The van der Waals surface area contributed by atoms with Crippen molar-refractivity contribution in [2.75, 3.05) is 31.5 Å². The molecule has 1 heterocycles. The number of piperazine rings is 1. The van der Waals surface area contributed by atoms with Crippen LogP contribution in [0.2, 0.25) is 0 Å². The number of para-hydroxylation sites is 1. The Morgan fingerprint density at radius 1 is 1.10 bits per heavy atom. The molecule has 5 heteroatoms. The Morgan fingerprint density at radius 3 is 2.25 bits per heavy atom. The van der Waals surface area contributed by atoms with Crippen molar-refractivity contribution in [1.29, 1.82) is 0 Å². The van der Waals surface area contributed by atoms with Crippen molar-refractivity contribution in [3.8, 4) is 0 Å². The molecule has 0 spiro atoms. The first-order valence-corrected chi connectivity index (χ1v) is 6.93. The molecule has 5 nitrogen and oxygen atoms in total. The Hall–Kier alpha value is -1.88. The van der Waals surface area contributed by atoms with Crippen LogP contribution < -0.4 is 5.32 Å². The zero-order valence-electron chi connectivity index (χ0n) is 12.0. The monoisotopic (exact) mass is 275 g/mol. The number of hydrogen-bond acceptors (Lipinski definition) is 3. The molecule has 1 aliphatic rings. The number of hydrogen-bond donors (Lipinski definition) is 1. The summed E-state index contributed by atoms with van der Waals surface area (Å²) >= 11 is 0. The molecule has 20 heavy (non-hydrogen) atoms. The second kappa shape index (κ2) is 6.52. The van der Waals surface area contributed by atoms with Gasteiger partial charge >= 0.3 is 0 Å². The van der Waals surface area contributed by atoms with Gasteiger partial charge in [0.05, 0.1) is 6.04 Å². The molecule has 108 valence electrons. The van der Waals surface area contributed by atoms with Crippen LogP contribution in [-0.2, 0) is 9.59 Å². The number of amides is 2. The van der Waals surface area contributed by atoms with Crippen molar-refractivity contribution in [2.45, 2.75) is 19.9 Å². The Labute approximate surface area is 119 Å². The molecule has 1 aromatic carbocycles. The van der Waals surface area contributed by atoms with Gasteiger partial charge in [0, 0.05) is 38.8 Å². The van der Waals surface area contributed by atoms with Crippen molar-refractivity contribution in [3.05, 3.63) is 30.3 Å². The van der Waals surface area contributed by atoms with Gasteiger partial charge in [-0.05, 0) is 19.1 Å². The van der Waals surface area contributed by atoms with Gasteiger partial charge in [0.15, 0.2) is 0 Å². The topological polar surface area (TPSA) is 52.7 Å². The molecule has 1 atom stereocenters. The Kier molecular flexibility index (Phi) is 4.74. The zero-order chi connectivity index (χ0) is 14.5. The third kappa shape index (κ3) is 3.57. The quantitative estimate of drug-likeness (QED) is 0.901. The molecular weight excluding hydrogens is 254 g/mol. The van der Waals surface area contributed by atoms with E-state index >= 15 is 0 Å². The second-order valence-corrected chi connectivity index (χ2v) is 5.07. The van der Waals surface area contributed by atoms with Crippen LogP contribution in [0.5, 0.6) is 0 Å². The van der Waals surface area contributed by atoms with E-state index < -0.39 is 0 Å². The number of carbonyl (C=O) groups excluding carboxylic acids is 2. The number of nitrogens with one attached hydrogen (secondary N) is 1. The molecular formula is C15H21N3O2. The van der Waals surface area contributed by atoms with E-state index in [1.54, 1.807) is 6.92 Å². The lowest BCUT2D eigenvalue weighted by Gasteiger charge is -2.37. The highest BCUT2D eigenvalue weighted by Gasteiger charge is 2.26. The Balaban J connectivity index is 1.87. The maximum atomic E-state index is 12.2. The summed E-state index contributed by atoms with van der Waals surface area (Å²) in [6, 6.07) is 9.26. The summed E-state index contributed by atoms with van der Waals surface area (Å²) in [4.78, 5) is 27.4. The van der Waals surface area contributed by atoms with Crippen molar-refractivity contribution >= 4 is 17.5 Å². The lowest BCUT2D eigenvalue weighted by molar-refractivity contribution is -0.131. The van der Waals surface area contributed by atoms with Crippen LogP contribution in [0.3, 0.4) is 0 Å². The fraction of sp³-hybridized carbons (Fsp3) is 0.467. The first kappa shape index (κ1) is 14.5. The minimum Gasteiger partial charge on any atom is -0.340 e. The van der Waals surface area contributed by atoms with Crippen LogP contribution >= 0.6 is 0 Å². The number of anilines is 1. The van der Waals surface area contributed by atoms with Crippen LogP contribution in [-0.4, -0.2) is 53.8 Å². The molecule has 1 unspecified atom stereocenters. The predicted octanol–water partition coefficient (Wildman–Crippen LogP) is 1.18. The van der Waals surface area contributed by atoms with E-state index in [4.69, 9.17) is 0 Å². The van der Waals surface area contributed by atoms with Crippen LogP contribution in [0.15, 0.2) is 30.3 Å². The van der Waals surface area contributed by atoms with E-state index in [0.717, 1.165) is 18.8 Å². The number of rotatable bonds is 3. The standard InChI is InChI=1S/C15H21N3O2/c1-12(15(20)16-14-6-4-3-5-7-14)17-8-10-18(11-9-17)13(2)19/h3-7,12H,8-11H2,1-2H3,(H,16,20). The fourth-order valence-corrected chi connectivity index (χ4v) is 2.36. The molecule has 1 aliphatic heterocycles. The third-order valence-electron chi connectivity index (χ3n) is 3.73. The van der Waals surface area contributed by atoms with Gasteiger partial charge in [0.1, 0.15) is 0 Å². The molecule has 0 saturated carbocycles. The van der Waals surface area contributed by atoms with Gasteiger partial charge in [-0.25, -0.2) is 0 Å². The van der Waals surface area contributed by atoms with Gasteiger partial charge in [-0.1, -0.05) is 18.2 Å². The molecule has 0 aromatic heterocycles. The van der Waals surface area contributed by atoms with Gasteiger partial charge < -0.3 is 10.2 Å². The maximum Gasteiger partial charge on any atom is 0.241 e. The van der Waals surface area contributed by atoms with Crippen LogP contribution in [0, 0.1) is 0 Å². The molecule has 2 amide bonds. The number of carbonyl (C=O) groups is 2. The summed E-state index contributed by atoms with van der Waals surface area (Å²) in [6.07, 6.45) is 0. The summed E-state index contributed by atoms with van der Waals surface area (Å²) in [5, 5.41) is 2.91. The molecule has 1 N–H and O–H groups in total. The second-order valence-electron chi connectivity index (χ2n) is 5.07. The van der Waals surface area contributed by atoms with Crippen molar-refractivity contribution < 1.29 is 9.59 Å². The summed E-state index contributed by atoms with van der Waals surface area (Å²) < 4.78 is 0. The predicted molar refractivity (Wildman–Crippen MR) is 78.4 cm³/mol. The van der Waals surface area contributed by atoms with Gasteiger partial charge in [-0.3, -0.25) is 14.5 Å².